The van der Waals surface area contributed by atoms with Gasteiger partial charge in [0.05, 0.1) is 12.6 Å². The van der Waals surface area contributed by atoms with Crippen LogP contribution in [-0.4, -0.2) is 42.0 Å². The average molecular weight is 292 g/mol. The first-order valence-electron chi connectivity index (χ1n) is 5.70. The fourth-order valence-electron chi connectivity index (χ4n) is 2.29. The number of hydrogen-bond donors (Lipinski definition) is 2. The van der Waals surface area contributed by atoms with Gasteiger partial charge < -0.3 is 10.1 Å². The fraction of sp³-hybridized carbons (Fsp3) is 0.700. The number of aromatic nitrogens is 1. The van der Waals surface area contributed by atoms with E-state index in [1.165, 1.54) is 4.31 Å². The predicted molar refractivity (Wildman–Crippen MR) is 68.2 cm³/mol. The Balaban J connectivity index is 2.43. The Labute approximate surface area is 109 Å². The van der Waals surface area contributed by atoms with Crippen molar-refractivity contribution in [1.29, 1.82) is 0 Å². The largest absolute Gasteiger partial charge is 0.395 e. The molecule has 0 spiro atoms. The lowest BCUT2D eigenvalue weighted by Crippen LogP contribution is -2.39. The lowest BCUT2D eigenvalue weighted by atomic mass is 10.0. The molecule has 1 saturated heterocycles. The molecule has 0 radical (unpaired) electrons. The van der Waals surface area contributed by atoms with Gasteiger partial charge in [-0.15, -0.1) is 0 Å². The highest BCUT2D eigenvalue weighted by atomic mass is 32.2. The molecule has 1 aliphatic heterocycles. The van der Waals surface area contributed by atoms with Crippen molar-refractivity contribution >= 4 is 21.4 Å². The van der Waals surface area contributed by atoms with E-state index in [4.69, 9.17) is 0 Å². The lowest BCUT2D eigenvalue weighted by Gasteiger charge is -2.23. The average Bonchev–Trinajstić information content (AvgIpc) is 2.82. The van der Waals surface area contributed by atoms with Crippen LogP contribution in [-0.2, 0) is 10.0 Å². The van der Waals surface area contributed by atoms with Crippen molar-refractivity contribution in [2.45, 2.75) is 30.5 Å². The summed E-state index contributed by atoms with van der Waals surface area (Å²) in [4.78, 5) is 13.3. The van der Waals surface area contributed by atoms with Crippen molar-refractivity contribution in [3.05, 3.63) is 15.4 Å². The van der Waals surface area contributed by atoms with E-state index < -0.39 is 16.1 Å². The number of aliphatic hydroxyl groups is 1. The second-order valence-corrected chi connectivity index (χ2v) is 7.63. The van der Waals surface area contributed by atoms with Crippen LogP contribution >= 0.6 is 11.3 Å². The zero-order valence-corrected chi connectivity index (χ0v) is 11.8. The van der Waals surface area contributed by atoms with Crippen LogP contribution in [0.4, 0.5) is 0 Å². The maximum absolute atomic E-state index is 12.4. The Bertz CT molecular complexity index is 589. The number of hydrogen-bond acceptors (Lipinski definition) is 5. The van der Waals surface area contributed by atoms with Crippen LogP contribution in [0.5, 0.6) is 0 Å². The minimum absolute atomic E-state index is 0.0556. The summed E-state index contributed by atoms with van der Waals surface area (Å²) >= 11 is 0.700. The lowest BCUT2D eigenvalue weighted by molar-refractivity contribution is 0.191. The molecule has 0 aliphatic carbocycles. The third-order valence-electron chi connectivity index (χ3n) is 3.34. The molecule has 0 aromatic carbocycles. The second-order valence-electron chi connectivity index (χ2n) is 4.56. The summed E-state index contributed by atoms with van der Waals surface area (Å²) in [5, 5.41) is 9.32. The van der Waals surface area contributed by atoms with Gasteiger partial charge in [-0.2, -0.15) is 4.31 Å². The van der Waals surface area contributed by atoms with E-state index in [9.17, 15) is 18.3 Å². The first-order chi connectivity index (χ1) is 8.37. The van der Waals surface area contributed by atoms with Crippen LogP contribution in [0.25, 0.3) is 0 Å². The molecule has 18 heavy (non-hydrogen) atoms. The first kappa shape index (κ1) is 13.7. The van der Waals surface area contributed by atoms with E-state index >= 15 is 0 Å². The van der Waals surface area contributed by atoms with E-state index in [0.717, 1.165) is 6.42 Å². The molecule has 0 amide bonds. The number of nitrogens with zero attached hydrogens (tertiary/aromatic N) is 1. The molecule has 2 heterocycles. The molecule has 2 atom stereocenters. The minimum Gasteiger partial charge on any atom is -0.395 e. The zero-order chi connectivity index (χ0) is 13.5. The van der Waals surface area contributed by atoms with Gasteiger partial charge in [0.25, 0.3) is 10.0 Å². The Morgan fingerprint density at radius 3 is 2.72 bits per heavy atom. The number of rotatable bonds is 3. The summed E-state index contributed by atoms with van der Waals surface area (Å²) < 4.78 is 26.3. The Morgan fingerprint density at radius 2 is 2.22 bits per heavy atom. The minimum atomic E-state index is -3.68. The van der Waals surface area contributed by atoms with Crippen LogP contribution in [0.15, 0.2) is 9.00 Å². The predicted octanol–water partition coefficient (Wildman–Crippen LogP) is 0.136. The van der Waals surface area contributed by atoms with Gasteiger partial charge in [-0.05, 0) is 19.3 Å². The number of aryl methyl sites for hydroxylation is 1. The van der Waals surface area contributed by atoms with E-state index in [1.807, 2.05) is 6.92 Å². The molecule has 102 valence electrons. The topological polar surface area (TPSA) is 90.5 Å². The summed E-state index contributed by atoms with van der Waals surface area (Å²) in [7, 11) is -3.68. The van der Waals surface area contributed by atoms with Crippen LogP contribution < -0.4 is 4.87 Å². The van der Waals surface area contributed by atoms with Gasteiger partial charge in [-0.25, -0.2) is 8.42 Å². The molecule has 1 aliphatic rings. The molecular weight excluding hydrogens is 276 g/mol. The van der Waals surface area contributed by atoms with E-state index in [0.29, 0.717) is 23.6 Å². The molecule has 1 fully saturated rings. The SMILES string of the molecule is Cc1[nH]c(=O)sc1S(=O)(=O)N1CCC(C)C1CO. The summed E-state index contributed by atoms with van der Waals surface area (Å²) in [6.07, 6.45) is 0.725. The summed E-state index contributed by atoms with van der Waals surface area (Å²) in [6.45, 7) is 3.68. The molecule has 0 saturated carbocycles. The van der Waals surface area contributed by atoms with Gasteiger partial charge in [0.1, 0.15) is 0 Å². The Kier molecular flexibility index (Phi) is 3.63. The normalized spacial score (nSPS) is 25.7. The van der Waals surface area contributed by atoms with Gasteiger partial charge >= 0.3 is 4.87 Å². The fourth-order valence-corrected chi connectivity index (χ4v) is 5.43. The Morgan fingerprint density at radius 1 is 1.56 bits per heavy atom. The van der Waals surface area contributed by atoms with E-state index in [-0.39, 0.29) is 21.6 Å². The van der Waals surface area contributed by atoms with Gasteiger partial charge in [-0.1, -0.05) is 18.3 Å². The van der Waals surface area contributed by atoms with Crippen molar-refractivity contribution in [1.82, 2.24) is 9.29 Å². The summed E-state index contributed by atoms with van der Waals surface area (Å²) in [6, 6.07) is -0.397. The van der Waals surface area contributed by atoms with Gasteiger partial charge in [0.2, 0.25) is 0 Å². The molecule has 6 nitrogen and oxygen atoms in total. The van der Waals surface area contributed by atoms with Crippen molar-refractivity contribution in [2.24, 2.45) is 5.92 Å². The smallest absolute Gasteiger partial charge is 0.305 e. The molecule has 0 bridgehead atoms. The molecule has 1 aromatic rings. The van der Waals surface area contributed by atoms with Crippen molar-refractivity contribution in [3.8, 4) is 0 Å². The third-order valence-corrected chi connectivity index (χ3v) is 6.85. The number of aliphatic hydroxyl groups excluding tert-OH is 1. The summed E-state index contributed by atoms with van der Waals surface area (Å²) in [5.74, 6) is 0.126. The molecule has 2 rings (SSSR count). The first-order valence-corrected chi connectivity index (χ1v) is 7.96. The van der Waals surface area contributed by atoms with Crippen molar-refractivity contribution < 1.29 is 13.5 Å². The molecular formula is C10H16N2O4S2. The third kappa shape index (κ3) is 2.13. The maximum atomic E-state index is 12.4. The number of aromatic amines is 1. The van der Waals surface area contributed by atoms with Crippen LogP contribution in [0, 0.1) is 12.8 Å². The second kappa shape index (κ2) is 4.76. The molecule has 1 aromatic heterocycles. The van der Waals surface area contributed by atoms with Crippen LogP contribution in [0.1, 0.15) is 19.0 Å². The molecule has 8 heteroatoms. The number of nitrogens with one attached hydrogen (secondary N) is 1. The summed E-state index contributed by atoms with van der Waals surface area (Å²) in [5.41, 5.74) is 0.362. The molecule has 2 unspecified atom stereocenters. The van der Waals surface area contributed by atoms with Gasteiger partial charge in [-0.3, -0.25) is 4.79 Å². The highest BCUT2D eigenvalue weighted by Crippen LogP contribution is 2.31. The van der Waals surface area contributed by atoms with E-state index in [2.05, 4.69) is 4.98 Å². The standard InChI is InChI=1S/C10H16N2O4S2/c1-6-3-4-12(8(6)5-13)18(15,16)9-7(2)11-10(14)17-9/h6,8,13H,3-5H2,1-2H3,(H,11,14). The van der Waals surface area contributed by atoms with Crippen LogP contribution in [0.2, 0.25) is 0 Å². The van der Waals surface area contributed by atoms with Gasteiger partial charge in [0, 0.05) is 12.2 Å². The highest BCUT2D eigenvalue weighted by molar-refractivity contribution is 7.91. The number of thiazole rings is 1. The highest BCUT2D eigenvalue weighted by Gasteiger charge is 2.40. The zero-order valence-electron chi connectivity index (χ0n) is 10.2. The van der Waals surface area contributed by atoms with E-state index in [1.54, 1.807) is 6.92 Å². The van der Waals surface area contributed by atoms with Gasteiger partial charge in [0.15, 0.2) is 4.21 Å². The monoisotopic (exact) mass is 292 g/mol. The quantitative estimate of drug-likeness (QED) is 0.829. The van der Waals surface area contributed by atoms with Crippen molar-refractivity contribution in [3.63, 3.8) is 0 Å². The number of H-pyrrole nitrogens is 1. The molecule has 2 N–H and O–H groups in total. The Hall–Kier alpha value is -0.700. The van der Waals surface area contributed by atoms with Crippen molar-refractivity contribution in [2.75, 3.05) is 13.2 Å². The maximum Gasteiger partial charge on any atom is 0.305 e. The van der Waals surface area contributed by atoms with Crippen LogP contribution in [0.3, 0.4) is 0 Å². The number of sulfonamides is 1.